The summed E-state index contributed by atoms with van der Waals surface area (Å²) in [7, 11) is 0. The fourth-order valence-corrected chi connectivity index (χ4v) is 2.80. The van der Waals surface area contributed by atoms with Crippen molar-refractivity contribution in [1.29, 1.82) is 10.7 Å². The fourth-order valence-electron chi connectivity index (χ4n) is 2.80. The van der Waals surface area contributed by atoms with Gasteiger partial charge in [-0.3, -0.25) is 0 Å². The average molecular weight is 341 g/mol. The zero-order chi connectivity index (χ0) is 18.7. The Kier molecular flexibility index (Phi) is 4.64. The van der Waals surface area contributed by atoms with Crippen LogP contribution in [0.1, 0.15) is 22.3 Å². The van der Waals surface area contributed by atoms with E-state index in [2.05, 4.69) is 6.58 Å². The Morgan fingerprint density at radius 3 is 2.54 bits per heavy atom. The van der Waals surface area contributed by atoms with Crippen molar-refractivity contribution in [2.45, 2.75) is 0 Å². The van der Waals surface area contributed by atoms with Gasteiger partial charge >= 0.3 is 0 Å². The minimum atomic E-state index is -0.564. The monoisotopic (exact) mass is 341 g/mol. The minimum absolute atomic E-state index is 0.00373. The first-order valence-corrected chi connectivity index (χ1v) is 7.93. The molecule has 0 fully saturated rings. The Morgan fingerprint density at radius 1 is 1.12 bits per heavy atom. The highest BCUT2D eigenvalue weighted by Gasteiger charge is 2.15. The Labute approximate surface area is 151 Å². The summed E-state index contributed by atoms with van der Waals surface area (Å²) >= 11 is 0. The van der Waals surface area contributed by atoms with E-state index in [-0.39, 0.29) is 5.56 Å². The van der Waals surface area contributed by atoms with Crippen LogP contribution < -0.4 is 5.73 Å². The first-order valence-electron chi connectivity index (χ1n) is 7.93. The number of rotatable bonds is 3. The van der Waals surface area contributed by atoms with Gasteiger partial charge in [0.15, 0.2) is 0 Å². The van der Waals surface area contributed by atoms with E-state index in [4.69, 9.17) is 16.4 Å². The third-order valence-corrected chi connectivity index (χ3v) is 4.15. The van der Waals surface area contributed by atoms with Crippen molar-refractivity contribution in [2.24, 2.45) is 0 Å². The molecule has 0 unspecified atom stereocenters. The molecular weight excluding hydrogens is 325 g/mol. The first kappa shape index (κ1) is 17.1. The first-order chi connectivity index (χ1) is 12.5. The van der Waals surface area contributed by atoms with Gasteiger partial charge in [-0.05, 0) is 58.2 Å². The SMILES string of the molecule is C=C1C=CC=C(c2ccc(N)c(C=N)c2)C(c2ccc(C#N)c(F)c2)=C1. The predicted molar refractivity (Wildman–Crippen MR) is 104 cm³/mol. The largest absolute Gasteiger partial charge is 0.398 e. The molecule has 3 N–H and O–H groups in total. The Bertz CT molecular complexity index is 1050. The maximum absolute atomic E-state index is 14.2. The summed E-state index contributed by atoms with van der Waals surface area (Å²) in [5, 5.41) is 16.5. The quantitative estimate of drug-likeness (QED) is 0.617. The van der Waals surface area contributed by atoms with Crippen LogP contribution >= 0.6 is 0 Å². The van der Waals surface area contributed by atoms with Crippen LogP contribution in [0.15, 0.2) is 72.9 Å². The van der Waals surface area contributed by atoms with E-state index in [0.29, 0.717) is 16.8 Å². The third kappa shape index (κ3) is 3.24. The summed E-state index contributed by atoms with van der Waals surface area (Å²) in [6.45, 7) is 3.98. The Balaban J connectivity index is 2.18. The highest BCUT2D eigenvalue weighted by Crippen LogP contribution is 2.35. The van der Waals surface area contributed by atoms with Crippen LogP contribution in [0.2, 0.25) is 0 Å². The molecule has 0 saturated heterocycles. The van der Waals surface area contributed by atoms with E-state index < -0.39 is 5.82 Å². The number of nitrogens with zero attached hydrogens (tertiary/aromatic N) is 1. The lowest BCUT2D eigenvalue weighted by Crippen LogP contribution is -1.97. The highest BCUT2D eigenvalue weighted by molar-refractivity contribution is 6.07. The maximum atomic E-state index is 14.2. The molecule has 4 heteroatoms. The lowest BCUT2D eigenvalue weighted by Gasteiger charge is -2.14. The normalized spacial score (nSPS) is 13.5. The van der Waals surface area contributed by atoms with Gasteiger partial charge in [0.1, 0.15) is 11.9 Å². The molecule has 0 atom stereocenters. The molecular formula is C22H16FN3. The van der Waals surface area contributed by atoms with Crippen molar-refractivity contribution in [1.82, 2.24) is 0 Å². The molecule has 1 aliphatic rings. The van der Waals surface area contributed by atoms with Gasteiger partial charge in [0.05, 0.1) is 5.56 Å². The topological polar surface area (TPSA) is 73.7 Å². The zero-order valence-electron chi connectivity index (χ0n) is 14.0. The third-order valence-electron chi connectivity index (χ3n) is 4.15. The summed E-state index contributed by atoms with van der Waals surface area (Å²) in [6, 6.07) is 11.8. The number of anilines is 1. The molecule has 3 nitrogen and oxygen atoms in total. The number of nitriles is 1. The second kappa shape index (κ2) is 7.04. The van der Waals surface area contributed by atoms with Crippen LogP contribution in [0.25, 0.3) is 11.1 Å². The van der Waals surface area contributed by atoms with Gasteiger partial charge in [-0.1, -0.05) is 36.9 Å². The van der Waals surface area contributed by atoms with Crippen molar-refractivity contribution in [3.05, 3.63) is 101 Å². The number of halogens is 1. The Hall–Kier alpha value is -3.71. The molecule has 0 bridgehead atoms. The van der Waals surface area contributed by atoms with Crippen LogP contribution in [0.3, 0.4) is 0 Å². The second-order valence-corrected chi connectivity index (χ2v) is 5.87. The van der Waals surface area contributed by atoms with E-state index in [0.717, 1.165) is 22.3 Å². The van der Waals surface area contributed by atoms with Gasteiger partial charge in [0, 0.05) is 17.5 Å². The van der Waals surface area contributed by atoms with Gasteiger partial charge in [-0.15, -0.1) is 0 Å². The van der Waals surface area contributed by atoms with E-state index in [9.17, 15) is 4.39 Å². The molecule has 0 amide bonds. The van der Waals surface area contributed by atoms with Crippen LogP contribution in [0.5, 0.6) is 0 Å². The number of allylic oxidation sites excluding steroid dienone is 7. The lowest BCUT2D eigenvalue weighted by atomic mass is 9.90. The molecule has 0 radical (unpaired) electrons. The predicted octanol–water partition coefficient (Wildman–Crippen LogP) is 4.87. The molecule has 126 valence electrons. The molecule has 3 rings (SSSR count). The number of nitrogens with one attached hydrogen (secondary N) is 1. The Morgan fingerprint density at radius 2 is 1.85 bits per heavy atom. The summed E-state index contributed by atoms with van der Waals surface area (Å²) in [6.07, 6.45) is 8.73. The number of hydrogen-bond acceptors (Lipinski definition) is 3. The number of nitrogen functional groups attached to an aromatic ring is 1. The average Bonchev–Trinajstić information content (AvgIpc) is 2.83. The van der Waals surface area contributed by atoms with E-state index >= 15 is 0 Å². The van der Waals surface area contributed by atoms with Crippen molar-refractivity contribution in [2.75, 3.05) is 5.73 Å². The standard InChI is InChI=1S/C22H16FN3/c1-14-3-2-4-19(15-7-8-22(26)18(10-15)13-25)20(9-14)16-5-6-17(12-24)21(23)11-16/h2-11,13,25H,1,26H2. The zero-order valence-corrected chi connectivity index (χ0v) is 14.0. The summed E-state index contributed by atoms with van der Waals surface area (Å²) in [5.74, 6) is -0.564. The van der Waals surface area contributed by atoms with Crippen molar-refractivity contribution in [3.8, 4) is 6.07 Å². The number of benzene rings is 2. The van der Waals surface area contributed by atoms with Crippen LogP contribution in [-0.2, 0) is 0 Å². The van der Waals surface area contributed by atoms with Crippen LogP contribution in [0, 0.1) is 22.6 Å². The molecule has 0 saturated carbocycles. The molecule has 0 aliphatic heterocycles. The summed E-state index contributed by atoms with van der Waals surface area (Å²) in [5.41, 5.74) is 10.9. The molecule has 2 aromatic rings. The molecule has 0 heterocycles. The number of nitrogens with two attached hydrogens (primary N) is 1. The van der Waals surface area contributed by atoms with Gasteiger partial charge in [-0.25, -0.2) is 4.39 Å². The molecule has 26 heavy (non-hydrogen) atoms. The highest BCUT2D eigenvalue weighted by atomic mass is 19.1. The van der Waals surface area contributed by atoms with E-state index in [1.807, 2.05) is 42.5 Å². The van der Waals surface area contributed by atoms with E-state index in [1.54, 1.807) is 12.1 Å². The van der Waals surface area contributed by atoms with Gasteiger partial charge in [0.2, 0.25) is 0 Å². The van der Waals surface area contributed by atoms with E-state index in [1.165, 1.54) is 18.3 Å². The van der Waals surface area contributed by atoms with Crippen molar-refractivity contribution < 1.29 is 4.39 Å². The molecule has 2 aromatic carbocycles. The second-order valence-electron chi connectivity index (χ2n) is 5.87. The molecule has 0 aromatic heterocycles. The summed E-state index contributed by atoms with van der Waals surface area (Å²) < 4.78 is 14.2. The van der Waals surface area contributed by atoms with Crippen molar-refractivity contribution in [3.63, 3.8) is 0 Å². The van der Waals surface area contributed by atoms with Crippen LogP contribution in [0.4, 0.5) is 10.1 Å². The van der Waals surface area contributed by atoms with Gasteiger partial charge < -0.3 is 11.1 Å². The maximum Gasteiger partial charge on any atom is 0.141 e. The van der Waals surface area contributed by atoms with Gasteiger partial charge in [-0.2, -0.15) is 5.26 Å². The smallest absolute Gasteiger partial charge is 0.141 e. The molecule has 0 spiro atoms. The number of hydrogen-bond donors (Lipinski definition) is 2. The van der Waals surface area contributed by atoms with Gasteiger partial charge in [0.25, 0.3) is 0 Å². The fraction of sp³-hybridized carbons (Fsp3) is 0. The molecule has 1 aliphatic carbocycles. The van der Waals surface area contributed by atoms with Crippen molar-refractivity contribution >= 4 is 23.0 Å². The van der Waals surface area contributed by atoms with Crippen LogP contribution in [-0.4, -0.2) is 6.21 Å². The summed E-state index contributed by atoms with van der Waals surface area (Å²) in [4.78, 5) is 0. The minimum Gasteiger partial charge on any atom is -0.398 e. The lowest BCUT2D eigenvalue weighted by molar-refractivity contribution is 0.623.